The number of anilines is 1. The van der Waals surface area contributed by atoms with Gasteiger partial charge in [0.15, 0.2) is 0 Å². The fourth-order valence-corrected chi connectivity index (χ4v) is 2.93. The zero-order valence-corrected chi connectivity index (χ0v) is 11.7. The summed E-state index contributed by atoms with van der Waals surface area (Å²) in [5.41, 5.74) is 0.124. The number of rotatable bonds is 3. The average molecular weight is 319 g/mol. The number of sulfonamides is 1. The van der Waals surface area contributed by atoms with Crippen molar-refractivity contribution >= 4 is 39.2 Å². The highest BCUT2D eigenvalue weighted by atomic mass is 35.5. The van der Waals surface area contributed by atoms with E-state index in [0.29, 0.717) is 0 Å². The van der Waals surface area contributed by atoms with Crippen molar-refractivity contribution in [3.8, 4) is 0 Å². The monoisotopic (exact) mass is 318 g/mol. The van der Waals surface area contributed by atoms with Gasteiger partial charge in [-0.2, -0.15) is 0 Å². The van der Waals surface area contributed by atoms with Gasteiger partial charge in [0.05, 0.1) is 16.3 Å². The van der Waals surface area contributed by atoms with Gasteiger partial charge in [0, 0.05) is 13.0 Å². The van der Waals surface area contributed by atoms with Crippen molar-refractivity contribution in [3.05, 3.63) is 28.8 Å². The summed E-state index contributed by atoms with van der Waals surface area (Å²) in [6.07, 6.45) is -0.244. The highest BCUT2D eigenvalue weighted by Crippen LogP contribution is 2.31. The SMILES string of the molecule is NS(=O)(=O)C1CC(=O)N(c2cc(C(=O)O)ccc2Cl)C1. The Bertz CT molecular complexity index is 688. The van der Waals surface area contributed by atoms with Crippen molar-refractivity contribution in [1.82, 2.24) is 0 Å². The first-order valence-corrected chi connectivity index (χ1v) is 7.53. The van der Waals surface area contributed by atoms with Gasteiger partial charge in [-0.3, -0.25) is 4.79 Å². The molecule has 0 bridgehead atoms. The number of nitrogens with zero attached hydrogens (tertiary/aromatic N) is 1. The molecule has 1 atom stereocenters. The second-order valence-corrected chi connectivity index (χ2v) is 6.64. The standard InChI is InChI=1S/C11H11ClN2O5S/c12-8-2-1-6(11(16)17)3-9(8)14-5-7(4-10(14)15)20(13,18)19/h1-3,7H,4-5H2,(H,16,17)(H2,13,18,19). The quantitative estimate of drug-likeness (QED) is 0.838. The molecule has 2 rings (SSSR count). The van der Waals surface area contributed by atoms with Crippen molar-refractivity contribution in [3.63, 3.8) is 0 Å². The number of carboxylic acid groups (broad SMARTS) is 1. The van der Waals surface area contributed by atoms with Crippen LogP contribution in [-0.2, 0) is 14.8 Å². The van der Waals surface area contributed by atoms with E-state index in [1.165, 1.54) is 18.2 Å². The Balaban J connectivity index is 2.40. The van der Waals surface area contributed by atoms with Crippen molar-refractivity contribution in [2.75, 3.05) is 11.4 Å². The van der Waals surface area contributed by atoms with E-state index in [1.54, 1.807) is 0 Å². The fourth-order valence-electron chi connectivity index (χ4n) is 1.98. The third-order valence-electron chi connectivity index (χ3n) is 3.04. The Morgan fingerprint density at radius 3 is 2.60 bits per heavy atom. The van der Waals surface area contributed by atoms with E-state index >= 15 is 0 Å². The maximum absolute atomic E-state index is 11.9. The minimum Gasteiger partial charge on any atom is -0.478 e. The van der Waals surface area contributed by atoms with E-state index in [4.69, 9.17) is 21.8 Å². The zero-order valence-electron chi connectivity index (χ0n) is 10.1. The number of primary sulfonamides is 1. The molecule has 1 heterocycles. The second-order valence-electron chi connectivity index (χ2n) is 4.39. The number of benzene rings is 1. The Labute approximate surface area is 120 Å². The molecule has 1 aromatic carbocycles. The molecule has 1 aliphatic heterocycles. The van der Waals surface area contributed by atoms with Crippen molar-refractivity contribution in [2.45, 2.75) is 11.7 Å². The lowest BCUT2D eigenvalue weighted by molar-refractivity contribution is -0.117. The number of nitrogens with two attached hydrogens (primary N) is 1. The summed E-state index contributed by atoms with van der Waals surface area (Å²) in [4.78, 5) is 23.9. The maximum Gasteiger partial charge on any atom is 0.335 e. The maximum atomic E-state index is 11.9. The highest BCUT2D eigenvalue weighted by Gasteiger charge is 2.38. The topological polar surface area (TPSA) is 118 Å². The minimum atomic E-state index is -3.84. The van der Waals surface area contributed by atoms with Crippen LogP contribution in [0.25, 0.3) is 0 Å². The van der Waals surface area contributed by atoms with Crippen molar-refractivity contribution in [1.29, 1.82) is 0 Å². The van der Waals surface area contributed by atoms with Crippen LogP contribution in [0.5, 0.6) is 0 Å². The normalized spacial score (nSPS) is 19.4. The molecule has 0 aromatic heterocycles. The molecule has 20 heavy (non-hydrogen) atoms. The molecule has 9 heteroatoms. The summed E-state index contributed by atoms with van der Waals surface area (Å²) in [6.45, 7) is -0.138. The van der Waals surface area contributed by atoms with Gasteiger partial charge >= 0.3 is 5.97 Å². The molecule has 7 nitrogen and oxygen atoms in total. The number of carbonyl (C=O) groups excluding carboxylic acids is 1. The van der Waals surface area contributed by atoms with Crippen LogP contribution in [0.1, 0.15) is 16.8 Å². The summed E-state index contributed by atoms with van der Waals surface area (Å²) in [5.74, 6) is -1.63. The Morgan fingerprint density at radius 1 is 1.45 bits per heavy atom. The third kappa shape index (κ3) is 2.77. The Kier molecular flexibility index (Phi) is 3.72. The van der Waals surface area contributed by atoms with Gasteiger partial charge in [0.2, 0.25) is 15.9 Å². The summed E-state index contributed by atoms with van der Waals surface area (Å²) >= 11 is 5.94. The minimum absolute atomic E-state index is 0.0451. The van der Waals surface area contributed by atoms with Crippen molar-refractivity contribution in [2.24, 2.45) is 5.14 Å². The largest absolute Gasteiger partial charge is 0.478 e. The third-order valence-corrected chi connectivity index (χ3v) is 4.60. The molecule has 1 unspecified atom stereocenters. The van der Waals surface area contributed by atoms with Gasteiger partial charge in [0.1, 0.15) is 5.25 Å². The predicted octanol–water partition coefficient (Wildman–Crippen LogP) is 0.432. The average Bonchev–Trinajstić information content (AvgIpc) is 2.71. The van der Waals surface area contributed by atoms with Crippen LogP contribution in [0.2, 0.25) is 5.02 Å². The Morgan fingerprint density at radius 2 is 2.10 bits per heavy atom. The lowest BCUT2D eigenvalue weighted by atomic mass is 10.2. The molecule has 0 saturated carbocycles. The van der Waals surface area contributed by atoms with E-state index in [-0.39, 0.29) is 29.2 Å². The first-order valence-electron chi connectivity index (χ1n) is 5.55. The molecular formula is C11H11ClN2O5S. The van der Waals surface area contributed by atoms with Crippen LogP contribution in [-0.4, -0.2) is 37.2 Å². The van der Waals surface area contributed by atoms with Crippen LogP contribution >= 0.6 is 11.6 Å². The molecule has 1 amide bonds. The van der Waals surface area contributed by atoms with Gasteiger partial charge in [0.25, 0.3) is 0 Å². The van der Waals surface area contributed by atoms with Gasteiger partial charge in [-0.05, 0) is 18.2 Å². The summed E-state index contributed by atoms with van der Waals surface area (Å²) < 4.78 is 22.6. The van der Waals surface area contributed by atoms with E-state index in [0.717, 1.165) is 4.90 Å². The molecule has 3 N–H and O–H groups in total. The lowest BCUT2D eigenvalue weighted by Crippen LogP contribution is -2.32. The van der Waals surface area contributed by atoms with Crippen molar-refractivity contribution < 1.29 is 23.1 Å². The van der Waals surface area contributed by atoms with E-state index < -0.39 is 27.1 Å². The number of amides is 1. The number of carbonyl (C=O) groups is 2. The number of aromatic carboxylic acids is 1. The number of hydrogen-bond donors (Lipinski definition) is 2. The number of hydrogen-bond acceptors (Lipinski definition) is 4. The van der Waals surface area contributed by atoms with Gasteiger partial charge in [-0.1, -0.05) is 11.6 Å². The molecule has 0 radical (unpaired) electrons. The smallest absolute Gasteiger partial charge is 0.335 e. The molecule has 1 saturated heterocycles. The molecule has 1 fully saturated rings. The fraction of sp³-hybridized carbons (Fsp3) is 0.273. The number of carboxylic acids is 1. The zero-order chi connectivity index (χ0) is 15.1. The van der Waals surface area contributed by atoms with Gasteiger partial charge in [-0.15, -0.1) is 0 Å². The van der Waals surface area contributed by atoms with E-state index in [2.05, 4.69) is 0 Å². The molecule has 1 aliphatic rings. The van der Waals surface area contributed by atoms with Crippen LogP contribution in [0.15, 0.2) is 18.2 Å². The van der Waals surface area contributed by atoms with E-state index in [1.807, 2.05) is 0 Å². The van der Waals surface area contributed by atoms with Crippen LogP contribution < -0.4 is 10.0 Å². The van der Waals surface area contributed by atoms with Crippen LogP contribution in [0.4, 0.5) is 5.69 Å². The van der Waals surface area contributed by atoms with Crippen LogP contribution in [0, 0.1) is 0 Å². The first kappa shape index (κ1) is 14.8. The Hall–Kier alpha value is -1.64. The van der Waals surface area contributed by atoms with Crippen LogP contribution in [0.3, 0.4) is 0 Å². The predicted molar refractivity (Wildman–Crippen MR) is 72.3 cm³/mol. The van der Waals surface area contributed by atoms with Gasteiger partial charge in [-0.25, -0.2) is 18.4 Å². The van der Waals surface area contributed by atoms with E-state index in [9.17, 15) is 18.0 Å². The van der Waals surface area contributed by atoms with Gasteiger partial charge < -0.3 is 10.0 Å². The summed E-state index contributed by atoms with van der Waals surface area (Å²) in [7, 11) is -3.84. The number of halogens is 1. The summed E-state index contributed by atoms with van der Waals surface area (Å²) in [6, 6.07) is 3.87. The molecule has 1 aromatic rings. The molecule has 108 valence electrons. The molecule has 0 spiro atoms. The summed E-state index contributed by atoms with van der Waals surface area (Å²) in [5, 5.41) is 13.1. The highest BCUT2D eigenvalue weighted by molar-refractivity contribution is 7.89. The lowest BCUT2D eigenvalue weighted by Gasteiger charge is -2.18. The molecular weight excluding hydrogens is 308 g/mol. The first-order chi connectivity index (χ1) is 9.20. The molecule has 0 aliphatic carbocycles. The second kappa shape index (κ2) is 5.04.